The molecule has 1 fully saturated rings. The first kappa shape index (κ1) is 14.0. The van der Waals surface area contributed by atoms with Crippen molar-refractivity contribution in [1.29, 1.82) is 0 Å². The molecule has 112 valence electrons. The number of para-hydroxylation sites is 1. The van der Waals surface area contributed by atoms with Crippen LogP contribution in [0.4, 0.5) is 4.39 Å². The summed E-state index contributed by atoms with van der Waals surface area (Å²) in [7, 11) is 0. The van der Waals surface area contributed by atoms with Crippen LogP contribution in [0.15, 0.2) is 28.8 Å². The molecule has 6 heteroatoms. The van der Waals surface area contributed by atoms with Crippen LogP contribution in [0.2, 0.25) is 0 Å². The highest BCUT2D eigenvalue weighted by Crippen LogP contribution is 2.21. The van der Waals surface area contributed by atoms with E-state index in [-0.39, 0.29) is 18.4 Å². The van der Waals surface area contributed by atoms with Crippen molar-refractivity contribution >= 4 is 0 Å². The van der Waals surface area contributed by atoms with Gasteiger partial charge in [0.25, 0.3) is 5.89 Å². The van der Waals surface area contributed by atoms with Gasteiger partial charge in [-0.25, -0.2) is 4.39 Å². The molecular weight excluding hydrogens is 273 g/mol. The minimum Gasteiger partial charge on any atom is -0.481 e. The zero-order valence-corrected chi connectivity index (χ0v) is 11.7. The third-order valence-electron chi connectivity index (χ3n) is 3.54. The smallest absolute Gasteiger partial charge is 0.264 e. The summed E-state index contributed by atoms with van der Waals surface area (Å²) in [4.78, 5) is 4.33. The number of nitrogens with one attached hydrogen (secondary N) is 1. The van der Waals surface area contributed by atoms with Crippen molar-refractivity contribution in [2.45, 2.75) is 38.3 Å². The van der Waals surface area contributed by atoms with Crippen molar-refractivity contribution < 1.29 is 13.7 Å². The topological polar surface area (TPSA) is 60.2 Å². The van der Waals surface area contributed by atoms with E-state index in [0.717, 1.165) is 19.4 Å². The highest BCUT2D eigenvalue weighted by molar-refractivity contribution is 5.23. The third kappa shape index (κ3) is 3.58. The fourth-order valence-electron chi connectivity index (χ4n) is 2.42. The Morgan fingerprint density at radius 2 is 2.19 bits per heavy atom. The molecule has 1 aliphatic heterocycles. The van der Waals surface area contributed by atoms with Gasteiger partial charge in [0.15, 0.2) is 24.0 Å². The predicted molar refractivity (Wildman–Crippen MR) is 74.2 cm³/mol. The lowest BCUT2D eigenvalue weighted by Crippen LogP contribution is -2.21. The average Bonchev–Trinajstić information content (AvgIpc) is 2.80. The van der Waals surface area contributed by atoms with Crippen molar-refractivity contribution in [2.75, 3.05) is 6.54 Å². The molecule has 1 atom stereocenters. The normalized spacial score (nSPS) is 19.2. The number of aromatic nitrogens is 2. The molecule has 0 saturated carbocycles. The van der Waals surface area contributed by atoms with Crippen molar-refractivity contribution in [3.05, 3.63) is 41.8 Å². The second kappa shape index (κ2) is 6.67. The van der Waals surface area contributed by atoms with E-state index in [2.05, 4.69) is 15.5 Å². The van der Waals surface area contributed by atoms with Crippen LogP contribution in [-0.2, 0) is 6.61 Å². The predicted octanol–water partition coefficient (Wildman–Crippen LogP) is 2.99. The first-order valence-corrected chi connectivity index (χ1v) is 7.26. The Labute approximate surface area is 122 Å². The van der Waals surface area contributed by atoms with E-state index in [0.29, 0.717) is 11.7 Å². The Bertz CT molecular complexity index is 580. The molecule has 0 unspecified atom stereocenters. The second-order valence-electron chi connectivity index (χ2n) is 5.12. The van der Waals surface area contributed by atoms with E-state index < -0.39 is 5.82 Å². The molecule has 1 aromatic carbocycles. The van der Waals surface area contributed by atoms with Gasteiger partial charge in [-0.3, -0.25) is 0 Å². The SMILES string of the molecule is Fc1ccccc1OCc1nc([C@@H]2CCCCCN2)no1. The summed E-state index contributed by atoms with van der Waals surface area (Å²) < 4.78 is 24.0. The van der Waals surface area contributed by atoms with Crippen LogP contribution in [0.3, 0.4) is 0 Å². The quantitative estimate of drug-likeness (QED) is 0.938. The molecule has 21 heavy (non-hydrogen) atoms. The van der Waals surface area contributed by atoms with Crippen LogP contribution >= 0.6 is 0 Å². The molecule has 1 saturated heterocycles. The summed E-state index contributed by atoms with van der Waals surface area (Å²) in [6.07, 6.45) is 4.57. The molecule has 2 heterocycles. The largest absolute Gasteiger partial charge is 0.481 e. The molecule has 0 aliphatic carbocycles. The van der Waals surface area contributed by atoms with Gasteiger partial charge in [0.1, 0.15) is 0 Å². The molecule has 3 rings (SSSR count). The zero-order chi connectivity index (χ0) is 14.5. The van der Waals surface area contributed by atoms with E-state index in [1.54, 1.807) is 18.2 Å². The van der Waals surface area contributed by atoms with Gasteiger partial charge in [-0.15, -0.1) is 0 Å². The first-order chi connectivity index (χ1) is 10.3. The molecule has 5 nitrogen and oxygen atoms in total. The maximum absolute atomic E-state index is 13.4. The Kier molecular flexibility index (Phi) is 4.45. The minimum atomic E-state index is -0.400. The summed E-state index contributed by atoms with van der Waals surface area (Å²) in [6, 6.07) is 6.39. The number of rotatable bonds is 4. The molecule has 1 N–H and O–H groups in total. The highest BCUT2D eigenvalue weighted by atomic mass is 19.1. The number of nitrogens with zero attached hydrogens (tertiary/aromatic N) is 2. The molecule has 0 amide bonds. The van der Waals surface area contributed by atoms with Crippen LogP contribution in [0.1, 0.15) is 43.4 Å². The van der Waals surface area contributed by atoms with Crippen molar-refractivity contribution in [3.8, 4) is 5.75 Å². The van der Waals surface area contributed by atoms with E-state index in [9.17, 15) is 4.39 Å². The van der Waals surface area contributed by atoms with Gasteiger partial charge in [-0.1, -0.05) is 30.1 Å². The van der Waals surface area contributed by atoms with Crippen LogP contribution in [-0.4, -0.2) is 16.7 Å². The summed E-state index contributed by atoms with van der Waals surface area (Å²) in [6.45, 7) is 1.04. The lowest BCUT2D eigenvalue weighted by molar-refractivity contribution is 0.233. The van der Waals surface area contributed by atoms with E-state index >= 15 is 0 Å². The second-order valence-corrected chi connectivity index (χ2v) is 5.12. The average molecular weight is 291 g/mol. The summed E-state index contributed by atoms with van der Waals surface area (Å²) in [5.41, 5.74) is 0. The standard InChI is InChI=1S/C15H18FN3O2/c16-11-6-3-4-8-13(11)20-10-14-18-15(19-21-14)12-7-2-1-5-9-17-12/h3-4,6,8,12,17H,1-2,5,7,9-10H2/t12-/m0/s1. The van der Waals surface area contributed by atoms with E-state index in [1.807, 2.05) is 0 Å². The fourth-order valence-corrected chi connectivity index (χ4v) is 2.42. The minimum absolute atomic E-state index is 0.0701. The molecule has 1 aliphatic rings. The van der Waals surface area contributed by atoms with E-state index in [1.165, 1.54) is 18.9 Å². The lowest BCUT2D eigenvalue weighted by Gasteiger charge is -2.09. The zero-order valence-electron chi connectivity index (χ0n) is 11.7. The van der Waals surface area contributed by atoms with Gasteiger partial charge < -0.3 is 14.6 Å². The number of halogens is 1. The number of hydrogen-bond acceptors (Lipinski definition) is 5. The maximum atomic E-state index is 13.4. The van der Waals surface area contributed by atoms with Gasteiger partial charge in [-0.2, -0.15) is 4.98 Å². The van der Waals surface area contributed by atoms with Crippen molar-refractivity contribution in [3.63, 3.8) is 0 Å². The van der Waals surface area contributed by atoms with Gasteiger partial charge in [-0.05, 0) is 31.5 Å². The van der Waals surface area contributed by atoms with Gasteiger partial charge in [0, 0.05) is 0 Å². The van der Waals surface area contributed by atoms with Crippen LogP contribution in [0.5, 0.6) is 5.75 Å². The highest BCUT2D eigenvalue weighted by Gasteiger charge is 2.19. The molecule has 1 aromatic heterocycles. The van der Waals surface area contributed by atoms with E-state index in [4.69, 9.17) is 9.26 Å². The summed E-state index contributed by atoms with van der Waals surface area (Å²) in [5, 5.41) is 7.40. The van der Waals surface area contributed by atoms with Crippen LogP contribution in [0.25, 0.3) is 0 Å². The molecule has 0 bridgehead atoms. The van der Waals surface area contributed by atoms with Crippen molar-refractivity contribution in [2.24, 2.45) is 0 Å². The Balaban J connectivity index is 1.61. The van der Waals surface area contributed by atoms with Gasteiger partial charge in [0.2, 0.25) is 0 Å². The van der Waals surface area contributed by atoms with Gasteiger partial charge >= 0.3 is 0 Å². The van der Waals surface area contributed by atoms with Crippen molar-refractivity contribution in [1.82, 2.24) is 15.5 Å². The van der Waals surface area contributed by atoms with Crippen LogP contribution in [0, 0.1) is 5.82 Å². The molecule has 2 aromatic rings. The lowest BCUT2D eigenvalue weighted by atomic mass is 10.1. The van der Waals surface area contributed by atoms with Crippen LogP contribution < -0.4 is 10.1 Å². The first-order valence-electron chi connectivity index (χ1n) is 7.26. The molecular formula is C15H18FN3O2. The monoisotopic (exact) mass is 291 g/mol. The number of ether oxygens (including phenoxy) is 1. The summed E-state index contributed by atoms with van der Waals surface area (Å²) >= 11 is 0. The van der Waals surface area contributed by atoms with Gasteiger partial charge in [0.05, 0.1) is 6.04 Å². The fraction of sp³-hybridized carbons (Fsp3) is 0.467. The Hall–Kier alpha value is -1.95. The third-order valence-corrected chi connectivity index (χ3v) is 3.54. The maximum Gasteiger partial charge on any atom is 0.264 e. The molecule has 0 spiro atoms. The Morgan fingerprint density at radius 3 is 3.10 bits per heavy atom. The Morgan fingerprint density at radius 1 is 1.29 bits per heavy atom. The number of hydrogen-bond donors (Lipinski definition) is 1. The molecule has 0 radical (unpaired) electrons. The number of benzene rings is 1. The summed E-state index contributed by atoms with van der Waals surface area (Å²) in [5.74, 6) is 0.802.